The van der Waals surface area contributed by atoms with E-state index in [0.717, 1.165) is 5.57 Å². The van der Waals surface area contributed by atoms with E-state index in [1.807, 2.05) is 0 Å². The number of hydrogen-bond acceptors (Lipinski definition) is 1. The van der Waals surface area contributed by atoms with Gasteiger partial charge in [-0.25, -0.2) is 0 Å². The van der Waals surface area contributed by atoms with Crippen molar-refractivity contribution in [3.05, 3.63) is 12.2 Å². The van der Waals surface area contributed by atoms with Crippen LogP contribution in [0, 0.1) is 0 Å². The lowest BCUT2D eigenvalue weighted by Gasteiger charge is -2.01. The zero-order valence-electron chi connectivity index (χ0n) is 4.32. The highest BCUT2D eigenvalue weighted by molar-refractivity contribution is 9.09. The monoisotopic (exact) mass is 164 g/mol. The molecule has 2 heteroatoms. The van der Waals surface area contributed by atoms with Crippen molar-refractivity contribution in [1.82, 2.24) is 0 Å². The second kappa shape index (κ2) is 3.22. The molecule has 0 fully saturated rings. The van der Waals surface area contributed by atoms with Gasteiger partial charge < -0.3 is 5.11 Å². The number of alkyl halides is 1. The average molecular weight is 165 g/mol. The summed E-state index contributed by atoms with van der Waals surface area (Å²) in [4.78, 5) is 0. The van der Waals surface area contributed by atoms with Crippen LogP contribution in [0.3, 0.4) is 0 Å². The second-order valence-corrected chi connectivity index (χ2v) is 2.03. The van der Waals surface area contributed by atoms with Gasteiger partial charge in [0, 0.05) is 5.33 Å². The van der Waals surface area contributed by atoms with Crippen molar-refractivity contribution in [2.45, 2.75) is 13.0 Å². The first-order valence-corrected chi connectivity index (χ1v) is 3.22. The molecule has 7 heavy (non-hydrogen) atoms. The van der Waals surface area contributed by atoms with Gasteiger partial charge in [-0.15, -0.1) is 0 Å². The molecular weight excluding hydrogens is 156 g/mol. The van der Waals surface area contributed by atoms with Crippen molar-refractivity contribution in [3.8, 4) is 0 Å². The van der Waals surface area contributed by atoms with Crippen LogP contribution >= 0.6 is 15.9 Å². The van der Waals surface area contributed by atoms with Gasteiger partial charge in [-0.2, -0.15) is 0 Å². The minimum Gasteiger partial charge on any atom is -0.389 e. The first-order chi connectivity index (χ1) is 3.18. The number of aliphatic hydroxyl groups is 1. The van der Waals surface area contributed by atoms with Gasteiger partial charge >= 0.3 is 0 Å². The van der Waals surface area contributed by atoms with E-state index in [2.05, 4.69) is 22.5 Å². The van der Waals surface area contributed by atoms with Crippen LogP contribution in [0.5, 0.6) is 0 Å². The van der Waals surface area contributed by atoms with Crippen molar-refractivity contribution in [2.24, 2.45) is 0 Å². The van der Waals surface area contributed by atoms with Gasteiger partial charge in [0.15, 0.2) is 0 Å². The summed E-state index contributed by atoms with van der Waals surface area (Å²) in [6.45, 7) is 5.27. The maximum absolute atomic E-state index is 8.69. The Morgan fingerprint density at radius 2 is 2.43 bits per heavy atom. The maximum atomic E-state index is 8.69. The fraction of sp³-hybridized carbons (Fsp3) is 0.600. The molecule has 0 saturated carbocycles. The van der Waals surface area contributed by atoms with Crippen LogP contribution in [0.2, 0.25) is 0 Å². The molecule has 0 heterocycles. The first kappa shape index (κ1) is 7.18. The summed E-state index contributed by atoms with van der Waals surface area (Å²) in [5, 5.41) is 9.38. The predicted molar refractivity (Wildman–Crippen MR) is 34.6 cm³/mol. The topological polar surface area (TPSA) is 20.2 Å². The Kier molecular flexibility index (Phi) is 3.30. The molecule has 0 amide bonds. The summed E-state index contributed by atoms with van der Waals surface area (Å²) < 4.78 is 0. The van der Waals surface area contributed by atoms with E-state index in [9.17, 15) is 0 Å². The summed E-state index contributed by atoms with van der Waals surface area (Å²) in [6.07, 6.45) is -0.376. The molecule has 1 atom stereocenters. The Bertz CT molecular complexity index is 68.5. The highest BCUT2D eigenvalue weighted by atomic mass is 79.9. The van der Waals surface area contributed by atoms with Gasteiger partial charge in [-0.1, -0.05) is 22.5 Å². The van der Waals surface area contributed by atoms with E-state index >= 15 is 0 Å². The first-order valence-electron chi connectivity index (χ1n) is 2.10. The van der Waals surface area contributed by atoms with Gasteiger partial charge in [0.25, 0.3) is 0 Å². The van der Waals surface area contributed by atoms with E-state index in [0.29, 0.717) is 5.33 Å². The Morgan fingerprint density at radius 1 is 2.00 bits per heavy atom. The van der Waals surface area contributed by atoms with E-state index in [1.165, 1.54) is 0 Å². The minimum atomic E-state index is -0.376. The van der Waals surface area contributed by atoms with Gasteiger partial charge in [-0.05, 0) is 12.5 Å². The molecule has 0 aliphatic carbocycles. The van der Waals surface area contributed by atoms with Crippen molar-refractivity contribution in [3.63, 3.8) is 0 Å². The van der Waals surface area contributed by atoms with Crippen LogP contribution in [-0.2, 0) is 0 Å². The summed E-state index contributed by atoms with van der Waals surface area (Å²) in [6, 6.07) is 0. The molecule has 0 bridgehead atoms. The highest BCUT2D eigenvalue weighted by Crippen LogP contribution is 2.00. The van der Waals surface area contributed by atoms with Crippen LogP contribution in [0.4, 0.5) is 0 Å². The lowest BCUT2D eigenvalue weighted by Crippen LogP contribution is -2.03. The van der Waals surface area contributed by atoms with Crippen LogP contribution in [-0.4, -0.2) is 16.5 Å². The van der Waals surface area contributed by atoms with Crippen LogP contribution in [0.1, 0.15) is 6.92 Å². The SMILES string of the molecule is C=C(CBr)[C@H](C)O. The average Bonchev–Trinajstić information content (AvgIpc) is 1.65. The lowest BCUT2D eigenvalue weighted by atomic mass is 10.2. The smallest absolute Gasteiger partial charge is 0.0727 e. The van der Waals surface area contributed by atoms with Gasteiger partial charge in [0.05, 0.1) is 6.10 Å². The Morgan fingerprint density at radius 3 is 2.43 bits per heavy atom. The van der Waals surface area contributed by atoms with Crippen LogP contribution in [0.25, 0.3) is 0 Å². The zero-order chi connectivity index (χ0) is 5.86. The molecular formula is C5H9BrO. The second-order valence-electron chi connectivity index (χ2n) is 1.47. The molecule has 0 spiro atoms. The predicted octanol–water partition coefficient (Wildman–Crippen LogP) is 1.32. The molecule has 0 radical (unpaired) electrons. The summed E-state index contributed by atoms with van der Waals surface area (Å²) in [5.74, 6) is 0. The zero-order valence-corrected chi connectivity index (χ0v) is 5.90. The van der Waals surface area contributed by atoms with Gasteiger partial charge in [0.2, 0.25) is 0 Å². The van der Waals surface area contributed by atoms with E-state index in [1.54, 1.807) is 6.92 Å². The third-order valence-corrected chi connectivity index (χ3v) is 1.48. The number of halogens is 1. The Labute approximate surface area is 52.2 Å². The molecule has 0 rings (SSSR count). The third kappa shape index (κ3) is 2.83. The molecule has 0 aliphatic rings. The molecule has 1 nitrogen and oxygen atoms in total. The molecule has 0 aliphatic heterocycles. The Balaban J connectivity index is 3.35. The third-order valence-electron chi connectivity index (χ3n) is 0.762. The van der Waals surface area contributed by atoms with E-state index < -0.39 is 0 Å². The molecule has 0 unspecified atom stereocenters. The molecule has 1 N–H and O–H groups in total. The quantitative estimate of drug-likeness (QED) is 0.483. The van der Waals surface area contributed by atoms with Crippen LogP contribution < -0.4 is 0 Å². The molecule has 0 saturated heterocycles. The normalized spacial score (nSPS) is 13.6. The summed E-state index contributed by atoms with van der Waals surface area (Å²) in [7, 11) is 0. The maximum Gasteiger partial charge on any atom is 0.0727 e. The lowest BCUT2D eigenvalue weighted by molar-refractivity contribution is 0.233. The van der Waals surface area contributed by atoms with Crippen molar-refractivity contribution < 1.29 is 5.11 Å². The van der Waals surface area contributed by atoms with Crippen LogP contribution in [0.15, 0.2) is 12.2 Å². The number of aliphatic hydroxyl groups excluding tert-OH is 1. The molecule has 42 valence electrons. The van der Waals surface area contributed by atoms with Gasteiger partial charge in [-0.3, -0.25) is 0 Å². The Hall–Kier alpha value is 0.180. The van der Waals surface area contributed by atoms with Crippen molar-refractivity contribution >= 4 is 15.9 Å². The number of hydrogen-bond donors (Lipinski definition) is 1. The largest absolute Gasteiger partial charge is 0.389 e. The fourth-order valence-corrected chi connectivity index (χ4v) is 0.580. The summed E-state index contributed by atoms with van der Waals surface area (Å²) in [5.41, 5.74) is 0.819. The molecule has 0 aromatic carbocycles. The van der Waals surface area contributed by atoms with Crippen molar-refractivity contribution in [2.75, 3.05) is 5.33 Å². The van der Waals surface area contributed by atoms with Gasteiger partial charge in [0.1, 0.15) is 0 Å². The van der Waals surface area contributed by atoms with E-state index in [4.69, 9.17) is 5.11 Å². The fourth-order valence-electron chi connectivity index (χ4n) is 0.112. The molecule has 0 aromatic heterocycles. The molecule has 0 aromatic rings. The van der Waals surface area contributed by atoms with E-state index in [-0.39, 0.29) is 6.10 Å². The van der Waals surface area contributed by atoms with Crippen molar-refractivity contribution in [1.29, 1.82) is 0 Å². The highest BCUT2D eigenvalue weighted by Gasteiger charge is 1.96. The standard InChI is InChI=1S/C5H9BrO/c1-4(3-6)5(2)7/h5,7H,1,3H2,2H3/t5-/m0/s1. The number of rotatable bonds is 2. The summed E-state index contributed by atoms with van der Waals surface area (Å²) >= 11 is 3.16. The minimum absolute atomic E-state index is 0.376.